The van der Waals surface area contributed by atoms with Crippen molar-refractivity contribution in [1.29, 1.82) is 0 Å². The average Bonchev–Trinajstić information content (AvgIpc) is 2.40. The lowest BCUT2D eigenvalue weighted by Gasteiger charge is -2.13. The summed E-state index contributed by atoms with van der Waals surface area (Å²) >= 11 is 0. The molecule has 0 aliphatic heterocycles. The number of hydrogen-bond donors (Lipinski definition) is 0. The molecule has 0 atom stereocenters. The van der Waals surface area contributed by atoms with Gasteiger partial charge in [-0.3, -0.25) is 0 Å². The van der Waals surface area contributed by atoms with Gasteiger partial charge in [0, 0.05) is 11.3 Å². The van der Waals surface area contributed by atoms with E-state index >= 15 is 0 Å². The summed E-state index contributed by atoms with van der Waals surface area (Å²) < 4.78 is 0. The molecule has 0 saturated heterocycles. The van der Waals surface area contributed by atoms with Crippen molar-refractivity contribution in [3.8, 4) is 11.4 Å². The van der Waals surface area contributed by atoms with Crippen LogP contribution in [0.5, 0.6) is 0 Å². The van der Waals surface area contributed by atoms with Crippen molar-refractivity contribution in [3.05, 3.63) is 53.4 Å². The van der Waals surface area contributed by atoms with Gasteiger partial charge in [-0.2, -0.15) is 0 Å². The highest BCUT2D eigenvalue weighted by atomic mass is 14.9. The predicted molar refractivity (Wildman–Crippen MR) is 69.6 cm³/mol. The lowest BCUT2D eigenvalue weighted by atomic mass is 10.0. The zero-order valence-corrected chi connectivity index (χ0v) is 9.85. The molecule has 3 rings (SSSR count). The van der Waals surface area contributed by atoms with Crippen LogP contribution in [0.4, 0.5) is 0 Å². The molecule has 0 spiro atoms. The summed E-state index contributed by atoms with van der Waals surface area (Å²) in [5, 5.41) is 0. The summed E-state index contributed by atoms with van der Waals surface area (Å²) in [5.74, 6) is 0.827. The van der Waals surface area contributed by atoms with Crippen LogP contribution < -0.4 is 0 Å². The molecule has 0 fully saturated rings. The van der Waals surface area contributed by atoms with Crippen LogP contribution in [0, 0.1) is 6.92 Å². The van der Waals surface area contributed by atoms with E-state index < -0.39 is 0 Å². The maximum Gasteiger partial charge on any atom is 0.160 e. The summed E-state index contributed by atoms with van der Waals surface area (Å²) in [7, 11) is 0. The van der Waals surface area contributed by atoms with Crippen LogP contribution in [-0.2, 0) is 6.42 Å². The van der Waals surface area contributed by atoms with Gasteiger partial charge < -0.3 is 0 Å². The van der Waals surface area contributed by atoms with Crippen LogP contribution in [0.2, 0.25) is 0 Å². The molecule has 0 radical (unpaired) electrons. The number of allylic oxidation sites excluding steroid dienone is 1. The molecule has 2 heteroatoms. The highest BCUT2D eigenvalue weighted by molar-refractivity contribution is 5.60. The molecule has 84 valence electrons. The molecule has 0 N–H and O–H groups in total. The molecular formula is C15H14N2. The second-order valence-electron chi connectivity index (χ2n) is 4.30. The fraction of sp³-hybridized carbons (Fsp3) is 0.200. The fourth-order valence-electron chi connectivity index (χ4n) is 2.20. The SMILES string of the molecule is Cc1nc(-c2ccccc2)nc2c1CCC=C2. The second kappa shape index (κ2) is 4.13. The first kappa shape index (κ1) is 10.2. The van der Waals surface area contributed by atoms with E-state index in [9.17, 15) is 0 Å². The van der Waals surface area contributed by atoms with E-state index in [0.29, 0.717) is 0 Å². The molecule has 1 aromatic heterocycles. The van der Waals surface area contributed by atoms with Crippen molar-refractivity contribution in [2.45, 2.75) is 19.8 Å². The molecule has 1 aromatic carbocycles. The van der Waals surface area contributed by atoms with Gasteiger partial charge in [0.05, 0.1) is 5.69 Å². The topological polar surface area (TPSA) is 25.8 Å². The first-order valence-electron chi connectivity index (χ1n) is 5.94. The molecule has 0 saturated carbocycles. The zero-order valence-electron chi connectivity index (χ0n) is 9.85. The van der Waals surface area contributed by atoms with E-state index in [1.807, 2.05) is 30.3 Å². The molecule has 1 heterocycles. The minimum Gasteiger partial charge on any atom is -0.233 e. The monoisotopic (exact) mass is 222 g/mol. The predicted octanol–water partition coefficient (Wildman–Crippen LogP) is 3.41. The second-order valence-corrected chi connectivity index (χ2v) is 4.30. The maximum absolute atomic E-state index is 4.65. The number of rotatable bonds is 1. The van der Waals surface area contributed by atoms with Crippen LogP contribution >= 0.6 is 0 Å². The van der Waals surface area contributed by atoms with Gasteiger partial charge in [-0.1, -0.05) is 36.4 Å². The molecule has 1 aliphatic rings. The number of aryl methyl sites for hydroxylation is 1. The van der Waals surface area contributed by atoms with Gasteiger partial charge >= 0.3 is 0 Å². The average molecular weight is 222 g/mol. The molecular weight excluding hydrogens is 208 g/mol. The van der Waals surface area contributed by atoms with Gasteiger partial charge in [-0.25, -0.2) is 9.97 Å². The molecule has 17 heavy (non-hydrogen) atoms. The minimum absolute atomic E-state index is 0.827. The van der Waals surface area contributed by atoms with E-state index in [4.69, 9.17) is 0 Å². The largest absolute Gasteiger partial charge is 0.233 e. The maximum atomic E-state index is 4.65. The third kappa shape index (κ3) is 1.86. The Hall–Kier alpha value is -1.96. The number of hydrogen-bond acceptors (Lipinski definition) is 2. The number of benzene rings is 1. The van der Waals surface area contributed by atoms with Crippen LogP contribution in [-0.4, -0.2) is 9.97 Å². The normalized spacial score (nSPS) is 13.5. The molecule has 2 aromatic rings. The highest BCUT2D eigenvalue weighted by Gasteiger charge is 2.12. The summed E-state index contributed by atoms with van der Waals surface area (Å²) in [5.41, 5.74) is 4.57. The number of nitrogens with zero attached hydrogens (tertiary/aromatic N) is 2. The van der Waals surface area contributed by atoms with Gasteiger partial charge in [0.15, 0.2) is 5.82 Å². The van der Waals surface area contributed by atoms with Crippen molar-refractivity contribution >= 4 is 6.08 Å². The molecule has 2 nitrogen and oxygen atoms in total. The first-order chi connectivity index (χ1) is 8.34. The van der Waals surface area contributed by atoms with Crippen molar-refractivity contribution in [1.82, 2.24) is 9.97 Å². The van der Waals surface area contributed by atoms with E-state index in [1.165, 1.54) is 5.56 Å². The lowest BCUT2D eigenvalue weighted by Crippen LogP contribution is -2.05. The Labute approximate surface area is 101 Å². The van der Waals surface area contributed by atoms with Crippen molar-refractivity contribution < 1.29 is 0 Å². The Bertz CT molecular complexity index is 571. The summed E-state index contributed by atoms with van der Waals surface area (Å²) in [6, 6.07) is 10.1. The standard InChI is InChI=1S/C15H14N2/c1-11-13-9-5-6-10-14(13)17-15(16-11)12-7-3-2-4-8-12/h2-4,6-8,10H,5,9H2,1H3. The van der Waals surface area contributed by atoms with Gasteiger partial charge in [-0.15, -0.1) is 0 Å². The van der Waals surface area contributed by atoms with Gasteiger partial charge in [-0.05, 0) is 31.4 Å². The molecule has 0 bridgehead atoms. The highest BCUT2D eigenvalue weighted by Crippen LogP contribution is 2.23. The molecule has 0 unspecified atom stereocenters. The molecule has 1 aliphatic carbocycles. The van der Waals surface area contributed by atoms with Gasteiger partial charge in [0.2, 0.25) is 0 Å². The van der Waals surface area contributed by atoms with E-state index in [0.717, 1.165) is 35.6 Å². The number of fused-ring (bicyclic) bond motifs is 1. The minimum atomic E-state index is 0.827. The summed E-state index contributed by atoms with van der Waals surface area (Å²) in [4.78, 5) is 9.26. The van der Waals surface area contributed by atoms with Crippen molar-refractivity contribution in [2.24, 2.45) is 0 Å². The first-order valence-corrected chi connectivity index (χ1v) is 5.94. The Morgan fingerprint density at radius 1 is 1.06 bits per heavy atom. The summed E-state index contributed by atoms with van der Waals surface area (Å²) in [6.45, 7) is 2.08. The Morgan fingerprint density at radius 2 is 1.88 bits per heavy atom. The zero-order chi connectivity index (χ0) is 11.7. The van der Waals surface area contributed by atoms with Crippen molar-refractivity contribution in [3.63, 3.8) is 0 Å². The Balaban J connectivity index is 2.15. The smallest absolute Gasteiger partial charge is 0.160 e. The van der Waals surface area contributed by atoms with Crippen molar-refractivity contribution in [2.75, 3.05) is 0 Å². The number of aromatic nitrogens is 2. The van der Waals surface area contributed by atoms with E-state index in [1.54, 1.807) is 0 Å². The van der Waals surface area contributed by atoms with E-state index in [-0.39, 0.29) is 0 Å². The fourth-order valence-corrected chi connectivity index (χ4v) is 2.20. The quantitative estimate of drug-likeness (QED) is 0.739. The van der Waals surface area contributed by atoms with Crippen LogP contribution in [0.3, 0.4) is 0 Å². The lowest BCUT2D eigenvalue weighted by molar-refractivity contribution is 0.916. The van der Waals surface area contributed by atoms with Crippen LogP contribution in [0.1, 0.15) is 23.4 Å². The third-order valence-electron chi connectivity index (χ3n) is 3.11. The van der Waals surface area contributed by atoms with Gasteiger partial charge in [0.1, 0.15) is 0 Å². The van der Waals surface area contributed by atoms with Crippen LogP contribution in [0.25, 0.3) is 17.5 Å². The Morgan fingerprint density at radius 3 is 2.71 bits per heavy atom. The molecule has 0 amide bonds. The summed E-state index contributed by atoms with van der Waals surface area (Å²) in [6.07, 6.45) is 6.46. The van der Waals surface area contributed by atoms with Gasteiger partial charge in [0.25, 0.3) is 0 Å². The van der Waals surface area contributed by atoms with Crippen LogP contribution in [0.15, 0.2) is 36.4 Å². The Kier molecular flexibility index (Phi) is 2.48. The van der Waals surface area contributed by atoms with E-state index in [2.05, 4.69) is 29.0 Å². The third-order valence-corrected chi connectivity index (χ3v) is 3.11.